The number of hydrogen-bond donors (Lipinski definition) is 3. The molecule has 3 N–H and O–H groups in total. The van der Waals surface area contributed by atoms with Gasteiger partial charge in [0, 0.05) is 24.2 Å². The molecule has 2 aliphatic carbocycles. The largest absolute Gasteiger partial charge is 0.393 e. The second kappa shape index (κ2) is 8.81. The second-order valence-corrected chi connectivity index (χ2v) is 9.20. The van der Waals surface area contributed by atoms with Crippen LogP contribution in [0.5, 0.6) is 0 Å². The van der Waals surface area contributed by atoms with E-state index in [-0.39, 0.29) is 24.1 Å². The van der Waals surface area contributed by atoms with Gasteiger partial charge in [0.1, 0.15) is 17.0 Å². The Morgan fingerprint density at radius 2 is 1.73 bits per heavy atom. The highest BCUT2D eigenvalue weighted by atomic mass is 19.1. The molecule has 0 radical (unpaired) electrons. The van der Waals surface area contributed by atoms with Gasteiger partial charge < -0.3 is 15.7 Å². The van der Waals surface area contributed by atoms with Gasteiger partial charge >= 0.3 is 0 Å². The van der Waals surface area contributed by atoms with E-state index in [9.17, 15) is 18.3 Å². The van der Waals surface area contributed by atoms with E-state index in [4.69, 9.17) is 4.98 Å². The number of fused-ring (bicyclic) bond motifs is 1. The number of aliphatic hydroxyl groups excluding tert-OH is 1. The van der Waals surface area contributed by atoms with Crippen LogP contribution in [0.1, 0.15) is 57.9 Å². The lowest BCUT2D eigenvalue weighted by atomic mass is 9.93. The van der Waals surface area contributed by atoms with Crippen molar-refractivity contribution >= 4 is 28.7 Å². The molecule has 0 aliphatic heterocycles. The molecule has 1 aromatic carbocycles. The highest BCUT2D eigenvalue weighted by Gasteiger charge is 2.30. The van der Waals surface area contributed by atoms with Gasteiger partial charge in [0.25, 0.3) is 0 Å². The van der Waals surface area contributed by atoms with Gasteiger partial charge in [-0.15, -0.1) is 0 Å². The van der Waals surface area contributed by atoms with Crippen LogP contribution in [0.25, 0.3) is 11.2 Å². The van der Waals surface area contributed by atoms with Crippen molar-refractivity contribution < 1.29 is 18.3 Å². The number of benzene rings is 1. The van der Waals surface area contributed by atoms with E-state index in [1.165, 1.54) is 0 Å². The number of hydrogen-bond acceptors (Lipinski definition) is 6. The molecule has 33 heavy (non-hydrogen) atoms. The molecule has 2 heterocycles. The first-order valence-corrected chi connectivity index (χ1v) is 11.5. The van der Waals surface area contributed by atoms with E-state index in [0.29, 0.717) is 35.2 Å². The Kier molecular flexibility index (Phi) is 5.86. The average Bonchev–Trinajstić information content (AvgIpc) is 3.34. The van der Waals surface area contributed by atoms with Crippen LogP contribution < -0.4 is 10.6 Å². The van der Waals surface area contributed by atoms with Gasteiger partial charge in [-0.05, 0) is 44.4 Å². The number of halogens is 3. The number of aliphatic hydroxyl groups is 1. The number of imidazole rings is 1. The summed E-state index contributed by atoms with van der Waals surface area (Å²) >= 11 is 0. The van der Waals surface area contributed by atoms with Crippen molar-refractivity contribution in [3.8, 4) is 0 Å². The topological polar surface area (TPSA) is 87.9 Å². The first kappa shape index (κ1) is 21.9. The fourth-order valence-electron chi connectivity index (χ4n) is 5.05. The van der Waals surface area contributed by atoms with Crippen molar-refractivity contribution in [1.82, 2.24) is 19.5 Å². The molecule has 3 aromatic rings. The Bertz CT molecular complexity index is 1140. The van der Waals surface area contributed by atoms with Crippen molar-refractivity contribution in [2.45, 2.75) is 70.1 Å². The summed E-state index contributed by atoms with van der Waals surface area (Å²) in [6.07, 6.45) is 7.44. The number of nitrogens with zero attached hydrogens (tertiary/aromatic N) is 4. The van der Waals surface area contributed by atoms with Crippen molar-refractivity contribution in [3.05, 3.63) is 35.8 Å². The standard InChI is InChI=1S/C23H27F3N6O/c1-12-3-2-4-19(12)32-21-18(11-27-22(31-21)28-14-5-7-15(33)8-6-14)29-23(32)30-20-16(25)9-13(24)10-17(20)26/h9-12,14-15,19,33H,2-8H2,1H3,(H,29,30)(H,27,28,31). The van der Waals surface area contributed by atoms with Crippen LogP contribution in [0.4, 0.5) is 30.8 Å². The first-order chi connectivity index (χ1) is 15.9. The van der Waals surface area contributed by atoms with E-state index in [0.717, 1.165) is 44.9 Å². The summed E-state index contributed by atoms with van der Waals surface area (Å²) < 4.78 is 44.0. The molecule has 2 unspecified atom stereocenters. The second-order valence-electron chi connectivity index (χ2n) is 9.20. The third-order valence-electron chi connectivity index (χ3n) is 6.85. The van der Waals surface area contributed by atoms with E-state index >= 15 is 0 Å². The van der Waals surface area contributed by atoms with Crippen LogP contribution >= 0.6 is 0 Å². The average molecular weight is 461 g/mol. The molecule has 7 nitrogen and oxygen atoms in total. The van der Waals surface area contributed by atoms with Crippen LogP contribution in [-0.2, 0) is 0 Å². The summed E-state index contributed by atoms with van der Waals surface area (Å²) in [7, 11) is 0. The van der Waals surface area contributed by atoms with E-state index in [2.05, 4.69) is 27.5 Å². The number of nitrogens with one attached hydrogen (secondary N) is 2. The number of aromatic nitrogens is 4. The van der Waals surface area contributed by atoms with Gasteiger partial charge in [-0.25, -0.2) is 23.1 Å². The lowest BCUT2D eigenvalue weighted by Gasteiger charge is -2.26. The van der Waals surface area contributed by atoms with Crippen molar-refractivity contribution in [3.63, 3.8) is 0 Å². The van der Waals surface area contributed by atoms with Gasteiger partial charge in [0.2, 0.25) is 11.9 Å². The molecule has 0 bridgehead atoms. The van der Waals surface area contributed by atoms with Gasteiger partial charge in [-0.1, -0.05) is 13.3 Å². The zero-order valence-corrected chi connectivity index (χ0v) is 18.4. The molecule has 2 fully saturated rings. The van der Waals surface area contributed by atoms with Crippen LogP contribution in [0, 0.1) is 23.4 Å². The molecule has 2 aromatic heterocycles. The fraction of sp³-hybridized carbons (Fsp3) is 0.522. The van der Waals surface area contributed by atoms with Crippen molar-refractivity contribution in [2.24, 2.45) is 5.92 Å². The molecule has 5 rings (SSSR count). The first-order valence-electron chi connectivity index (χ1n) is 11.5. The summed E-state index contributed by atoms with van der Waals surface area (Å²) in [5, 5.41) is 15.8. The Morgan fingerprint density at radius 3 is 2.39 bits per heavy atom. The number of rotatable bonds is 5. The SMILES string of the molecule is CC1CCCC1n1c(Nc2c(F)cc(F)cc2F)nc2cnc(NC3CCC(O)CC3)nc21. The summed E-state index contributed by atoms with van der Waals surface area (Å²) in [4.78, 5) is 13.6. The maximum Gasteiger partial charge on any atom is 0.224 e. The van der Waals surface area contributed by atoms with Gasteiger partial charge in [-0.2, -0.15) is 4.98 Å². The maximum absolute atomic E-state index is 14.4. The van der Waals surface area contributed by atoms with E-state index in [1.54, 1.807) is 6.20 Å². The summed E-state index contributed by atoms with van der Waals surface area (Å²) in [5.41, 5.74) is 0.627. The molecule has 10 heteroatoms. The lowest BCUT2D eigenvalue weighted by Crippen LogP contribution is -2.29. The Hall–Kier alpha value is -2.88. The molecule has 176 valence electrons. The summed E-state index contributed by atoms with van der Waals surface area (Å²) in [6.45, 7) is 2.14. The monoisotopic (exact) mass is 460 g/mol. The third kappa shape index (κ3) is 4.36. The highest BCUT2D eigenvalue weighted by Crippen LogP contribution is 2.40. The van der Waals surface area contributed by atoms with Gasteiger partial charge in [0.05, 0.1) is 12.3 Å². The van der Waals surface area contributed by atoms with Gasteiger partial charge in [-0.3, -0.25) is 4.57 Å². The molecule has 2 saturated carbocycles. The number of anilines is 3. The van der Waals surface area contributed by atoms with Crippen LogP contribution in [0.3, 0.4) is 0 Å². The van der Waals surface area contributed by atoms with Crippen LogP contribution in [0.15, 0.2) is 18.3 Å². The van der Waals surface area contributed by atoms with E-state index < -0.39 is 23.1 Å². The Labute approximate surface area is 189 Å². The van der Waals surface area contributed by atoms with Crippen molar-refractivity contribution in [1.29, 1.82) is 0 Å². The molecule has 0 spiro atoms. The normalized spacial score (nSPS) is 25.5. The van der Waals surface area contributed by atoms with Crippen LogP contribution in [-0.4, -0.2) is 36.8 Å². The minimum Gasteiger partial charge on any atom is -0.393 e. The highest BCUT2D eigenvalue weighted by molar-refractivity contribution is 5.76. The maximum atomic E-state index is 14.4. The Morgan fingerprint density at radius 1 is 1.00 bits per heavy atom. The quantitative estimate of drug-likeness (QED) is 0.493. The molecule has 0 amide bonds. The molecule has 2 atom stereocenters. The van der Waals surface area contributed by atoms with Crippen LogP contribution in [0.2, 0.25) is 0 Å². The molecule has 2 aliphatic rings. The summed E-state index contributed by atoms with van der Waals surface area (Å²) in [6, 6.07) is 1.50. The minimum absolute atomic E-state index is 0.0525. The predicted octanol–water partition coefficient (Wildman–Crippen LogP) is 5.06. The zero-order valence-electron chi connectivity index (χ0n) is 18.4. The van der Waals surface area contributed by atoms with E-state index in [1.807, 2.05) is 4.57 Å². The fourth-order valence-corrected chi connectivity index (χ4v) is 5.05. The zero-order chi connectivity index (χ0) is 23.1. The van der Waals surface area contributed by atoms with Crippen molar-refractivity contribution in [2.75, 3.05) is 10.6 Å². The van der Waals surface area contributed by atoms with Gasteiger partial charge in [0.15, 0.2) is 17.3 Å². The molecular weight excluding hydrogens is 433 g/mol. The lowest BCUT2D eigenvalue weighted by molar-refractivity contribution is 0.126. The molecule has 0 saturated heterocycles. The minimum atomic E-state index is -1.03. The Balaban J connectivity index is 1.53. The smallest absolute Gasteiger partial charge is 0.224 e. The third-order valence-corrected chi connectivity index (χ3v) is 6.85. The summed E-state index contributed by atoms with van der Waals surface area (Å²) in [5.74, 6) is -2.00. The predicted molar refractivity (Wildman–Crippen MR) is 119 cm³/mol. The molecular formula is C23H27F3N6O.